The van der Waals surface area contributed by atoms with Crippen molar-refractivity contribution in [1.82, 2.24) is 14.9 Å². The van der Waals surface area contributed by atoms with Crippen LogP contribution in [0, 0.1) is 6.92 Å². The zero-order valence-corrected chi connectivity index (χ0v) is 10.3. The summed E-state index contributed by atoms with van der Waals surface area (Å²) in [4.78, 5) is 15.8. The summed E-state index contributed by atoms with van der Waals surface area (Å²) in [6.45, 7) is 2.86. The summed E-state index contributed by atoms with van der Waals surface area (Å²) >= 11 is 0. The van der Waals surface area contributed by atoms with Gasteiger partial charge in [0.15, 0.2) is 0 Å². The van der Waals surface area contributed by atoms with Crippen LogP contribution in [0.5, 0.6) is 0 Å². The number of nitrogens with zero attached hydrogens (tertiary/aromatic N) is 2. The molecule has 0 saturated heterocycles. The highest BCUT2D eigenvalue weighted by Gasteiger charge is 2.23. The van der Waals surface area contributed by atoms with Gasteiger partial charge < -0.3 is 9.88 Å². The molecule has 2 aromatic rings. The average molecular weight is 241 g/mol. The zero-order chi connectivity index (χ0) is 12.5. The van der Waals surface area contributed by atoms with Crippen LogP contribution < -0.4 is 5.32 Å². The van der Waals surface area contributed by atoms with E-state index in [-0.39, 0.29) is 11.9 Å². The summed E-state index contributed by atoms with van der Waals surface area (Å²) in [5.74, 6) is -0.0316. The van der Waals surface area contributed by atoms with Crippen LogP contribution in [0.4, 0.5) is 0 Å². The fourth-order valence-electron chi connectivity index (χ4n) is 2.32. The molecule has 0 spiro atoms. The maximum Gasteiger partial charge on any atom is 0.269 e. The minimum absolute atomic E-state index is 0.0316. The lowest BCUT2D eigenvalue weighted by Crippen LogP contribution is -2.45. The molecule has 2 heterocycles. The van der Waals surface area contributed by atoms with E-state index in [1.54, 1.807) is 12.5 Å². The second kappa shape index (κ2) is 4.29. The maximum absolute atomic E-state index is 11.8. The van der Waals surface area contributed by atoms with Crippen LogP contribution >= 0.6 is 0 Å². The highest BCUT2D eigenvalue weighted by molar-refractivity contribution is 5.93. The van der Waals surface area contributed by atoms with Crippen LogP contribution in [0.2, 0.25) is 0 Å². The van der Waals surface area contributed by atoms with Crippen molar-refractivity contribution in [3.8, 4) is 0 Å². The summed E-state index contributed by atoms with van der Waals surface area (Å²) in [5.41, 5.74) is 3.15. The number of carbonyl (C=O) groups excluding carboxylic acids is 1. The molecular formula is C14H15N3O. The number of aryl methyl sites for hydroxylation is 1. The Morgan fingerprint density at radius 1 is 1.39 bits per heavy atom. The average Bonchev–Trinajstić information content (AvgIpc) is 2.81. The van der Waals surface area contributed by atoms with Crippen molar-refractivity contribution in [3.63, 3.8) is 0 Å². The van der Waals surface area contributed by atoms with Crippen LogP contribution in [-0.4, -0.2) is 21.5 Å². The monoisotopic (exact) mass is 241 g/mol. The molecular weight excluding hydrogens is 226 g/mol. The van der Waals surface area contributed by atoms with E-state index in [4.69, 9.17) is 0 Å². The fourth-order valence-corrected chi connectivity index (χ4v) is 2.32. The highest BCUT2D eigenvalue weighted by Crippen LogP contribution is 2.12. The summed E-state index contributed by atoms with van der Waals surface area (Å²) in [5, 5.41) is 3.02. The number of hydrogen-bond acceptors (Lipinski definition) is 2. The molecule has 3 rings (SSSR count). The van der Waals surface area contributed by atoms with E-state index in [0.717, 1.165) is 13.0 Å². The van der Waals surface area contributed by atoms with Gasteiger partial charge in [-0.15, -0.1) is 0 Å². The molecule has 1 unspecified atom stereocenters. The Morgan fingerprint density at radius 3 is 2.94 bits per heavy atom. The van der Waals surface area contributed by atoms with Crippen molar-refractivity contribution >= 4 is 5.91 Å². The first-order chi connectivity index (χ1) is 8.72. The van der Waals surface area contributed by atoms with Gasteiger partial charge in [0, 0.05) is 6.54 Å². The molecule has 1 atom stereocenters. The Hall–Kier alpha value is -2.10. The Kier molecular flexibility index (Phi) is 2.63. The second-order valence-corrected chi connectivity index (χ2v) is 4.79. The van der Waals surface area contributed by atoms with Gasteiger partial charge in [-0.1, -0.05) is 29.8 Å². The Labute approximate surface area is 106 Å². The minimum atomic E-state index is -0.0316. The van der Waals surface area contributed by atoms with Gasteiger partial charge in [-0.2, -0.15) is 0 Å². The Balaban J connectivity index is 1.76. The number of hydrogen-bond donors (Lipinski definition) is 1. The molecule has 0 fully saturated rings. The Bertz CT molecular complexity index is 571. The van der Waals surface area contributed by atoms with Crippen LogP contribution in [0.25, 0.3) is 0 Å². The molecule has 4 nitrogen and oxygen atoms in total. The SMILES string of the molecule is Cc1ccc(CC2Cn3cncc3C(=O)N2)cc1. The number of amides is 1. The first kappa shape index (κ1) is 11.0. The predicted molar refractivity (Wildman–Crippen MR) is 68.4 cm³/mol. The lowest BCUT2D eigenvalue weighted by molar-refractivity contribution is 0.0901. The number of benzene rings is 1. The van der Waals surface area contributed by atoms with Crippen LogP contribution in [0.15, 0.2) is 36.8 Å². The van der Waals surface area contributed by atoms with Gasteiger partial charge in [-0.3, -0.25) is 4.79 Å². The quantitative estimate of drug-likeness (QED) is 0.867. The third-order valence-electron chi connectivity index (χ3n) is 3.30. The van der Waals surface area contributed by atoms with E-state index in [0.29, 0.717) is 5.69 Å². The summed E-state index contributed by atoms with van der Waals surface area (Å²) in [6.07, 6.45) is 4.18. The first-order valence-electron chi connectivity index (χ1n) is 6.09. The summed E-state index contributed by atoms with van der Waals surface area (Å²) < 4.78 is 1.91. The van der Waals surface area contributed by atoms with Crippen molar-refractivity contribution in [2.24, 2.45) is 0 Å². The van der Waals surface area contributed by atoms with Crippen LogP contribution in [-0.2, 0) is 13.0 Å². The molecule has 18 heavy (non-hydrogen) atoms. The number of aromatic nitrogens is 2. The highest BCUT2D eigenvalue weighted by atomic mass is 16.2. The molecule has 1 aliphatic heterocycles. The second-order valence-electron chi connectivity index (χ2n) is 4.79. The minimum Gasteiger partial charge on any atom is -0.346 e. The predicted octanol–water partition coefficient (Wildman–Crippen LogP) is 1.55. The molecule has 1 amide bonds. The Morgan fingerprint density at radius 2 is 2.17 bits per heavy atom. The van der Waals surface area contributed by atoms with Crippen molar-refractivity contribution < 1.29 is 4.79 Å². The molecule has 1 aromatic heterocycles. The van der Waals surface area contributed by atoms with Crippen LogP contribution in [0.3, 0.4) is 0 Å². The van der Waals surface area contributed by atoms with Gasteiger partial charge >= 0.3 is 0 Å². The summed E-state index contributed by atoms with van der Waals surface area (Å²) in [6, 6.07) is 8.57. The lowest BCUT2D eigenvalue weighted by atomic mass is 10.0. The van der Waals surface area contributed by atoms with Gasteiger partial charge in [-0.25, -0.2) is 4.98 Å². The molecule has 92 valence electrons. The van der Waals surface area contributed by atoms with E-state index in [9.17, 15) is 4.79 Å². The van der Waals surface area contributed by atoms with Crippen LogP contribution in [0.1, 0.15) is 21.6 Å². The number of carbonyl (C=O) groups is 1. The largest absolute Gasteiger partial charge is 0.346 e. The van der Waals surface area contributed by atoms with E-state index in [1.807, 2.05) is 4.57 Å². The van der Waals surface area contributed by atoms with Gasteiger partial charge in [-0.05, 0) is 18.9 Å². The molecule has 1 N–H and O–H groups in total. The maximum atomic E-state index is 11.8. The third-order valence-corrected chi connectivity index (χ3v) is 3.30. The standard InChI is InChI=1S/C14H15N3O/c1-10-2-4-11(5-3-10)6-12-8-17-9-15-7-13(17)14(18)16-12/h2-5,7,9,12H,6,8H2,1H3,(H,16,18). The summed E-state index contributed by atoms with van der Waals surface area (Å²) in [7, 11) is 0. The molecule has 0 bridgehead atoms. The number of fused-ring (bicyclic) bond motifs is 1. The fraction of sp³-hybridized carbons (Fsp3) is 0.286. The number of nitrogens with one attached hydrogen (secondary N) is 1. The van der Waals surface area contributed by atoms with Gasteiger partial charge in [0.25, 0.3) is 5.91 Å². The van der Waals surface area contributed by atoms with Gasteiger partial charge in [0.2, 0.25) is 0 Å². The van der Waals surface area contributed by atoms with Crippen molar-refractivity contribution in [1.29, 1.82) is 0 Å². The lowest BCUT2D eigenvalue weighted by Gasteiger charge is -2.25. The van der Waals surface area contributed by atoms with E-state index < -0.39 is 0 Å². The zero-order valence-electron chi connectivity index (χ0n) is 10.3. The first-order valence-corrected chi connectivity index (χ1v) is 6.09. The molecule has 0 aliphatic carbocycles. The van der Waals surface area contributed by atoms with Crippen molar-refractivity contribution in [2.75, 3.05) is 0 Å². The van der Waals surface area contributed by atoms with E-state index in [2.05, 4.69) is 41.5 Å². The number of rotatable bonds is 2. The number of imidazole rings is 1. The van der Waals surface area contributed by atoms with Crippen molar-refractivity contribution in [3.05, 3.63) is 53.6 Å². The molecule has 0 radical (unpaired) electrons. The normalized spacial score (nSPS) is 18.3. The molecule has 4 heteroatoms. The van der Waals surface area contributed by atoms with Crippen molar-refractivity contribution in [2.45, 2.75) is 25.9 Å². The topological polar surface area (TPSA) is 46.9 Å². The molecule has 1 aliphatic rings. The molecule has 1 aromatic carbocycles. The van der Waals surface area contributed by atoms with E-state index >= 15 is 0 Å². The molecule has 0 saturated carbocycles. The smallest absolute Gasteiger partial charge is 0.269 e. The van der Waals surface area contributed by atoms with Gasteiger partial charge in [0.05, 0.1) is 18.6 Å². The van der Waals surface area contributed by atoms with E-state index in [1.165, 1.54) is 11.1 Å². The third kappa shape index (κ3) is 2.01. The van der Waals surface area contributed by atoms with Gasteiger partial charge in [0.1, 0.15) is 5.69 Å².